The Bertz CT molecular complexity index is 1570. The zero-order valence-electron chi connectivity index (χ0n) is 25.3. The monoisotopic (exact) mass is 655 g/mol. The van der Waals surface area contributed by atoms with Crippen molar-refractivity contribution >= 4 is 25.4 Å². The van der Waals surface area contributed by atoms with Crippen LogP contribution in [-0.4, -0.2) is 62.7 Å². The number of nitrogens with one attached hydrogen (secondary N) is 2. The van der Waals surface area contributed by atoms with Crippen LogP contribution in [0.1, 0.15) is 46.4 Å². The van der Waals surface area contributed by atoms with Gasteiger partial charge in [0, 0.05) is 0 Å². The molecule has 1 aliphatic heterocycles. The van der Waals surface area contributed by atoms with Gasteiger partial charge < -0.3 is 0 Å². The average Bonchev–Trinajstić information content (AvgIpc) is 3.46. The third-order valence-electron chi connectivity index (χ3n) is 6.90. The third-order valence-corrected chi connectivity index (χ3v) is 9.83. The fraction of sp³-hybridized carbons (Fsp3) is 0.483. The average molecular weight is 656 g/mol. The second-order valence-corrected chi connectivity index (χ2v) is 15.0. The molecule has 5 atom stereocenters. The number of benzene rings is 1. The van der Waals surface area contributed by atoms with E-state index < -0.39 is 62.1 Å². The summed E-state index contributed by atoms with van der Waals surface area (Å²) in [6.07, 6.45) is -3.72. The van der Waals surface area contributed by atoms with Crippen LogP contribution in [0.2, 0.25) is 0 Å². The van der Waals surface area contributed by atoms with Crippen molar-refractivity contribution in [2.75, 3.05) is 13.2 Å². The predicted molar refractivity (Wildman–Crippen MR) is 165 cm³/mol. The number of aliphatic hydroxyl groups excluding tert-OH is 1. The number of thiophene rings is 1. The number of ether oxygens (including phenoxy) is 2. The SMILES string of the molecule is Cc1ccsc1-c1ccc(O[PH](O)(N[C@@H](C)C(=O)OCC(C)(C)C)OC[C@H]2O[C@@H](n3ccc(=O)[nH]c3=O)[C@](C)(F)[C@@H]2O)cc1. The molecule has 44 heavy (non-hydrogen) atoms. The van der Waals surface area contributed by atoms with Crippen molar-refractivity contribution in [3.63, 3.8) is 0 Å². The van der Waals surface area contributed by atoms with Crippen LogP contribution in [0.4, 0.5) is 4.39 Å². The van der Waals surface area contributed by atoms with E-state index in [-0.39, 0.29) is 17.8 Å². The van der Waals surface area contributed by atoms with Gasteiger partial charge in [0.25, 0.3) is 0 Å². The molecule has 1 fully saturated rings. The van der Waals surface area contributed by atoms with E-state index in [9.17, 15) is 24.4 Å². The Morgan fingerprint density at radius 1 is 1.25 bits per heavy atom. The molecule has 2 aromatic heterocycles. The zero-order chi connectivity index (χ0) is 32.4. The predicted octanol–water partition coefficient (Wildman–Crippen LogP) is 3.63. The molecule has 12 nitrogen and oxygen atoms in total. The summed E-state index contributed by atoms with van der Waals surface area (Å²) in [5, 5.41) is 15.5. The topological polar surface area (TPSA) is 161 Å². The molecular weight excluding hydrogens is 616 g/mol. The molecule has 15 heteroatoms. The van der Waals surface area contributed by atoms with Gasteiger partial charge >= 0.3 is 259 Å². The Morgan fingerprint density at radius 3 is 2.52 bits per heavy atom. The molecule has 1 saturated heterocycles. The third kappa shape index (κ3) is 7.99. The first-order chi connectivity index (χ1) is 20.5. The van der Waals surface area contributed by atoms with Gasteiger partial charge in [0.1, 0.15) is 0 Å². The van der Waals surface area contributed by atoms with Crippen molar-refractivity contribution in [2.24, 2.45) is 5.41 Å². The van der Waals surface area contributed by atoms with Crippen LogP contribution in [0.15, 0.2) is 57.6 Å². The molecule has 0 aliphatic carbocycles. The van der Waals surface area contributed by atoms with Gasteiger partial charge in [-0.2, -0.15) is 0 Å². The fourth-order valence-electron chi connectivity index (χ4n) is 4.51. The molecule has 1 aliphatic rings. The first-order valence-electron chi connectivity index (χ1n) is 14.0. The number of halogens is 1. The number of nitrogens with zero attached hydrogens (tertiary/aromatic N) is 1. The van der Waals surface area contributed by atoms with Crippen molar-refractivity contribution in [3.05, 3.63) is 74.4 Å². The van der Waals surface area contributed by atoms with Crippen LogP contribution in [0, 0.1) is 12.3 Å². The van der Waals surface area contributed by atoms with Crippen LogP contribution in [0.3, 0.4) is 0 Å². The normalized spacial score (nSPS) is 23.3. The van der Waals surface area contributed by atoms with E-state index in [0.29, 0.717) is 0 Å². The molecule has 4 rings (SSSR count). The van der Waals surface area contributed by atoms with E-state index >= 15 is 4.39 Å². The Hall–Kier alpha value is -2.97. The van der Waals surface area contributed by atoms with Crippen LogP contribution in [0.25, 0.3) is 10.4 Å². The first kappa shape index (κ1) is 33.9. The molecule has 0 saturated carbocycles. The van der Waals surface area contributed by atoms with Gasteiger partial charge in [-0.3, -0.25) is 0 Å². The summed E-state index contributed by atoms with van der Waals surface area (Å²) >= 11 is 1.58. The summed E-state index contributed by atoms with van der Waals surface area (Å²) < 4.78 is 39.2. The fourth-order valence-corrected chi connectivity index (χ4v) is 7.15. The Morgan fingerprint density at radius 2 is 1.93 bits per heavy atom. The quantitative estimate of drug-likeness (QED) is 0.177. The maximum absolute atomic E-state index is 15.7. The van der Waals surface area contributed by atoms with Gasteiger partial charge in [-0.15, -0.1) is 0 Å². The minimum atomic E-state index is -4.53. The van der Waals surface area contributed by atoms with Gasteiger partial charge in [-0.05, 0) is 0 Å². The number of hydrogen-bond donors (Lipinski definition) is 4. The van der Waals surface area contributed by atoms with Crippen LogP contribution in [-0.2, 0) is 18.8 Å². The summed E-state index contributed by atoms with van der Waals surface area (Å²) in [6, 6.07) is 8.86. The number of aromatic amines is 1. The Kier molecular flexibility index (Phi) is 10.2. The van der Waals surface area contributed by atoms with E-state index in [1.54, 1.807) is 23.5 Å². The molecule has 242 valence electrons. The number of aliphatic hydroxyl groups is 1. The number of H-pyrrole nitrogens is 1. The molecule has 1 aromatic carbocycles. The zero-order valence-corrected chi connectivity index (χ0v) is 27.1. The standard InChI is InChI=1S/C29H39FN3O9PS/c1-17-12-14-44-23(17)19-7-9-20(10-8-19)42-43(38,32-18(2)25(36)39-16-28(3,4)5)40-15-21-24(35)29(6,30)26(41-21)33-13-11-22(34)31-27(33)37/h7-14,18,21,24,26,32,35,38,43H,15-16H2,1-6H3,(H,31,34,37)/t18-,21+,24+,26+,29+/m0/s1. The second-order valence-electron chi connectivity index (χ2n) is 12.1. The Labute approximate surface area is 258 Å². The molecule has 0 spiro atoms. The van der Waals surface area contributed by atoms with Crippen molar-refractivity contribution in [1.82, 2.24) is 14.6 Å². The number of hydrogen-bond acceptors (Lipinski definition) is 11. The number of rotatable bonds is 11. The molecule has 4 N–H and O–H groups in total. The number of carbonyl (C=O) groups excluding carboxylic acids is 1. The molecule has 0 amide bonds. The van der Waals surface area contributed by atoms with Crippen molar-refractivity contribution < 1.29 is 37.7 Å². The summed E-state index contributed by atoms with van der Waals surface area (Å²) in [5.41, 5.74) is -2.34. The van der Waals surface area contributed by atoms with Gasteiger partial charge in [-0.25, -0.2) is 0 Å². The number of aryl methyl sites for hydroxylation is 1. The van der Waals surface area contributed by atoms with Gasteiger partial charge in [0.2, 0.25) is 0 Å². The van der Waals surface area contributed by atoms with E-state index in [1.165, 1.54) is 6.92 Å². The molecule has 3 heterocycles. The van der Waals surface area contributed by atoms with Gasteiger partial charge in [0.05, 0.1) is 0 Å². The van der Waals surface area contributed by atoms with E-state index in [2.05, 4.69) is 5.09 Å². The van der Waals surface area contributed by atoms with E-state index in [1.807, 2.05) is 56.3 Å². The van der Waals surface area contributed by atoms with Crippen LogP contribution < -0.4 is 20.9 Å². The van der Waals surface area contributed by atoms with Crippen molar-refractivity contribution in [2.45, 2.75) is 71.7 Å². The second kappa shape index (κ2) is 13.2. The number of aromatic nitrogens is 2. The summed E-state index contributed by atoms with van der Waals surface area (Å²) in [6.45, 7) is 9.76. The summed E-state index contributed by atoms with van der Waals surface area (Å²) in [5.74, 6) is -0.437. The molecule has 0 radical (unpaired) electrons. The van der Waals surface area contributed by atoms with E-state index in [0.717, 1.165) is 39.8 Å². The first-order valence-corrected chi connectivity index (χ1v) is 16.6. The number of alkyl halides is 1. The van der Waals surface area contributed by atoms with Gasteiger partial charge in [-0.1, -0.05) is 0 Å². The van der Waals surface area contributed by atoms with Crippen molar-refractivity contribution in [3.8, 4) is 16.2 Å². The summed E-state index contributed by atoms with van der Waals surface area (Å²) in [7, 11) is -4.53. The van der Waals surface area contributed by atoms with Gasteiger partial charge in [0.15, 0.2) is 0 Å². The molecule has 0 unspecified atom stereocenters. The Balaban J connectivity index is 1.54. The number of esters is 1. The molecule has 0 bridgehead atoms. The molecule has 3 aromatic rings. The van der Waals surface area contributed by atoms with Crippen LogP contribution >= 0.6 is 19.4 Å². The minimum absolute atomic E-state index is 0.131. The summed E-state index contributed by atoms with van der Waals surface area (Å²) in [4.78, 5) is 51.2. The van der Waals surface area contributed by atoms with Crippen LogP contribution in [0.5, 0.6) is 5.75 Å². The number of carbonyl (C=O) groups is 1. The maximum atomic E-state index is 15.7. The van der Waals surface area contributed by atoms with E-state index in [4.69, 9.17) is 18.5 Å². The molecular formula is C29H39FN3O9PS. The van der Waals surface area contributed by atoms with Crippen molar-refractivity contribution in [1.29, 1.82) is 0 Å².